The molecule has 3 nitrogen and oxygen atoms in total. The molecule has 1 heterocycles. The van der Waals surface area contributed by atoms with Crippen LogP contribution in [0.1, 0.15) is 58.6 Å². The molecule has 1 fully saturated rings. The number of ketones is 1. The third-order valence-electron chi connectivity index (χ3n) is 6.39. The maximum absolute atomic E-state index is 14.1. The summed E-state index contributed by atoms with van der Waals surface area (Å²) in [6, 6.07) is 12.8. The van der Waals surface area contributed by atoms with E-state index in [1.54, 1.807) is 6.07 Å². The molecule has 1 aliphatic carbocycles. The van der Waals surface area contributed by atoms with Gasteiger partial charge in [-0.25, -0.2) is 4.39 Å². The van der Waals surface area contributed by atoms with Crippen molar-refractivity contribution in [2.75, 3.05) is 13.1 Å². The molecule has 0 radical (unpaired) electrons. The second-order valence-corrected chi connectivity index (χ2v) is 8.08. The number of fused-ring (bicyclic) bond motifs is 1. The summed E-state index contributed by atoms with van der Waals surface area (Å²) < 4.78 is 14.1. The third kappa shape index (κ3) is 3.60. The van der Waals surface area contributed by atoms with E-state index in [0.717, 1.165) is 47.9 Å². The van der Waals surface area contributed by atoms with Crippen LogP contribution in [0.15, 0.2) is 42.5 Å². The maximum atomic E-state index is 14.1. The summed E-state index contributed by atoms with van der Waals surface area (Å²) in [5.41, 5.74) is 3.77. The Morgan fingerprint density at radius 3 is 2.54 bits per heavy atom. The number of carbonyl (C=O) groups is 2. The van der Waals surface area contributed by atoms with Gasteiger partial charge in [0.1, 0.15) is 5.82 Å². The van der Waals surface area contributed by atoms with Crippen LogP contribution in [0.2, 0.25) is 0 Å². The van der Waals surface area contributed by atoms with E-state index < -0.39 is 0 Å². The quantitative estimate of drug-likeness (QED) is 0.711. The molecule has 0 N–H and O–H groups in total. The van der Waals surface area contributed by atoms with Gasteiger partial charge in [0.15, 0.2) is 5.78 Å². The van der Waals surface area contributed by atoms with Gasteiger partial charge in [0.05, 0.1) is 0 Å². The van der Waals surface area contributed by atoms with E-state index >= 15 is 0 Å². The summed E-state index contributed by atoms with van der Waals surface area (Å²) in [7, 11) is 0. The molecule has 0 bridgehead atoms. The van der Waals surface area contributed by atoms with E-state index in [-0.39, 0.29) is 29.3 Å². The largest absolute Gasteiger partial charge is 0.342 e. The summed E-state index contributed by atoms with van der Waals surface area (Å²) in [5, 5.41) is 0. The van der Waals surface area contributed by atoms with E-state index in [4.69, 9.17) is 0 Å². The number of hydrogen-bond acceptors (Lipinski definition) is 2. The predicted molar refractivity (Wildman–Crippen MR) is 107 cm³/mol. The Labute approximate surface area is 165 Å². The number of carbonyl (C=O) groups excluding carboxylic acids is 2. The van der Waals surface area contributed by atoms with Crippen LogP contribution < -0.4 is 0 Å². The Kier molecular flexibility index (Phi) is 5.29. The summed E-state index contributed by atoms with van der Waals surface area (Å²) in [6.45, 7) is 3.30. The van der Waals surface area contributed by atoms with Gasteiger partial charge in [0.2, 0.25) is 5.91 Å². The molecule has 4 rings (SSSR count). The predicted octanol–water partition coefficient (Wildman–Crippen LogP) is 4.68. The first-order chi connectivity index (χ1) is 13.5. The lowest BCUT2D eigenvalue weighted by Gasteiger charge is -2.34. The number of aryl methyl sites for hydroxylation is 1. The average molecular weight is 379 g/mol. The monoisotopic (exact) mass is 379 g/mol. The van der Waals surface area contributed by atoms with Crippen molar-refractivity contribution in [2.24, 2.45) is 5.92 Å². The molecule has 2 aromatic carbocycles. The lowest BCUT2D eigenvalue weighted by atomic mass is 9.88. The summed E-state index contributed by atoms with van der Waals surface area (Å²) in [4.78, 5) is 27.7. The van der Waals surface area contributed by atoms with Gasteiger partial charge in [-0.3, -0.25) is 9.59 Å². The molecular formula is C24H26FNO2. The van der Waals surface area contributed by atoms with Gasteiger partial charge < -0.3 is 4.90 Å². The van der Waals surface area contributed by atoms with E-state index in [0.29, 0.717) is 19.5 Å². The molecule has 1 aliphatic heterocycles. The lowest BCUT2D eigenvalue weighted by Crippen LogP contribution is -2.42. The number of hydrogen-bond donors (Lipinski definition) is 0. The smallest absolute Gasteiger partial charge is 0.226 e. The minimum Gasteiger partial charge on any atom is -0.342 e. The number of amides is 1. The van der Waals surface area contributed by atoms with Crippen molar-refractivity contribution in [3.63, 3.8) is 0 Å². The minimum absolute atomic E-state index is 0.0794. The summed E-state index contributed by atoms with van der Waals surface area (Å²) in [6.07, 6.45) is 3.33. The van der Waals surface area contributed by atoms with Crippen molar-refractivity contribution in [1.82, 2.24) is 4.90 Å². The van der Waals surface area contributed by atoms with E-state index in [1.165, 1.54) is 6.07 Å². The fourth-order valence-corrected chi connectivity index (χ4v) is 4.74. The standard InChI is InChI=1S/C24H26FNO2/c1-16-5-4-7-21-19(16)10-9-18(15-23(21)27)24(28)26-13-11-17(12-14-26)20-6-2-3-8-22(20)25/h2-8,17-18H,9-15H2,1H3. The van der Waals surface area contributed by atoms with Crippen LogP contribution in [-0.4, -0.2) is 29.7 Å². The Bertz CT molecular complexity index is 899. The number of Topliss-reactive ketones (excluding diaryl/α,β-unsaturated/α-hetero) is 1. The first-order valence-electron chi connectivity index (χ1n) is 10.2. The van der Waals surface area contributed by atoms with Crippen LogP contribution in [0.3, 0.4) is 0 Å². The molecule has 4 heteroatoms. The first kappa shape index (κ1) is 18.9. The van der Waals surface area contributed by atoms with Crippen LogP contribution in [0.5, 0.6) is 0 Å². The highest BCUT2D eigenvalue weighted by Crippen LogP contribution is 2.32. The summed E-state index contributed by atoms with van der Waals surface area (Å²) in [5.74, 6) is -0.0754. The number of rotatable bonds is 2. The Morgan fingerprint density at radius 1 is 1.04 bits per heavy atom. The number of benzene rings is 2. The van der Waals surface area contributed by atoms with Crippen molar-refractivity contribution in [3.05, 3.63) is 70.5 Å². The van der Waals surface area contributed by atoms with Crippen molar-refractivity contribution in [2.45, 2.75) is 44.9 Å². The molecule has 2 aliphatic rings. The lowest BCUT2D eigenvalue weighted by molar-refractivity contribution is -0.136. The van der Waals surface area contributed by atoms with Crippen molar-refractivity contribution < 1.29 is 14.0 Å². The molecule has 2 aromatic rings. The Morgan fingerprint density at radius 2 is 1.79 bits per heavy atom. The number of piperidine rings is 1. The highest BCUT2D eigenvalue weighted by atomic mass is 19.1. The maximum Gasteiger partial charge on any atom is 0.226 e. The minimum atomic E-state index is -0.246. The van der Waals surface area contributed by atoms with Gasteiger partial charge in [-0.1, -0.05) is 36.4 Å². The Hall–Kier alpha value is -2.49. The van der Waals surface area contributed by atoms with Gasteiger partial charge in [0, 0.05) is 31.0 Å². The van der Waals surface area contributed by atoms with Gasteiger partial charge in [-0.05, 0) is 61.3 Å². The highest BCUT2D eigenvalue weighted by molar-refractivity contribution is 6.00. The van der Waals surface area contributed by atoms with E-state index in [1.807, 2.05) is 42.2 Å². The zero-order valence-electron chi connectivity index (χ0n) is 16.3. The first-order valence-corrected chi connectivity index (χ1v) is 10.2. The number of nitrogens with zero attached hydrogens (tertiary/aromatic N) is 1. The highest BCUT2D eigenvalue weighted by Gasteiger charge is 2.33. The third-order valence-corrected chi connectivity index (χ3v) is 6.39. The second kappa shape index (κ2) is 7.86. The molecule has 1 unspecified atom stereocenters. The van der Waals surface area contributed by atoms with E-state index in [9.17, 15) is 14.0 Å². The number of likely N-dealkylation sites (tertiary alicyclic amines) is 1. The fourth-order valence-electron chi connectivity index (χ4n) is 4.74. The van der Waals surface area contributed by atoms with Gasteiger partial charge in [-0.15, -0.1) is 0 Å². The molecule has 0 aromatic heterocycles. The van der Waals surface area contributed by atoms with Crippen LogP contribution in [-0.2, 0) is 11.2 Å². The molecule has 1 saturated heterocycles. The number of halogens is 1. The van der Waals surface area contributed by atoms with Crippen molar-refractivity contribution in [3.8, 4) is 0 Å². The van der Waals surface area contributed by atoms with E-state index in [2.05, 4.69) is 0 Å². The fraction of sp³-hybridized carbons (Fsp3) is 0.417. The molecule has 28 heavy (non-hydrogen) atoms. The zero-order valence-corrected chi connectivity index (χ0v) is 16.3. The topological polar surface area (TPSA) is 37.4 Å². The molecule has 0 spiro atoms. The SMILES string of the molecule is Cc1cccc2c1CCC(C(=O)N1CCC(c3ccccc3F)CC1)CC2=O. The van der Waals surface area contributed by atoms with Gasteiger partial charge >= 0.3 is 0 Å². The molecule has 1 amide bonds. The molecular weight excluding hydrogens is 353 g/mol. The van der Waals surface area contributed by atoms with Crippen LogP contribution in [0.25, 0.3) is 0 Å². The van der Waals surface area contributed by atoms with Crippen molar-refractivity contribution in [1.29, 1.82) is 0 Å². The van der Waals surface area contributed by atoms with Crippen LogP contribution >= 0.6 is 0 Å². The zero-order chi connectivity index (χ0) is 19.7. The van der Waals surface area contributed by atoms with Gasteiger partial charge in [-0.2, -0.15) is 0 Å². The summed E-state index contributed by atoms with van der Waals surface area (Å²) >= 11 is 0. The molecule has 146 valence electrons. The van der Waals surface area contributed by atoms with Crippen LogP contribution in [0, 0.1) is 18.7 Å². The van der Waals surface area contributed by atoms with Gasteiger partial charge in [0.25, 0.3) is 0 Å². The molecule has 0 saturated carbocycles. The second-order valence-electron chi connectivity index (χ2n) is 8.08. The Balaban J connectivity index is 1.42. The van der Waals surface area contributed by atoms with Crippen LogP contribution in [0.4, 0.5) is 4.39 Å². The van der Waals surface area contributed by atoms with Crippen molar-refractivity contribution >= 4 is 11.7 Å². The average Bonchev–Trinajstić information content (AvgIpc) is 2.88. The molecule has 1 atom stereocenters. The normalized spacial score (nSPS) is 20.6.